The molecule has 128 valence electrons. The van der Waals surface area contributed by atoms with Crippen LogP contribution >= 0.6 is 11.3 Å². The second-order valence-corrected chi connectivity index (χ2v) is 7.00. The highest BCUT2D eigenvalue weighted by Crippen LogP contribution is 2.33. The number of esters is 1. The summed E-state index contributed by atoms with van der Waals surface area (Å²) >= 11 is 1.14. The summed E-state index contributed by atoms with van der Waals surface area (Å²) in [7, 11) is 2.95. The number of nitrogens with one attached hydrogen (secondary N) is 3. The molecule has 23 heavy (non-hydrogen) atoms. The van der Waals surface area contributed by atoms with E-state index in [2.05, 4.69) is 16.0 Å². The highest BCUT2D eigenvalue weighted by atomic mass is 32.1. The Morgan fingerprint density at radius 2 is 1.83 bits per heavy atom. The summed E-state index contributed by atoms with van der Waals surface area (Å²) in [5.41, 5.74) is 0.510. The highest BCUT2D eigenvalue weighted by Gasteiger charge is 2.25. The number of hydrogen-bond donors (Lipinski definition) is 3. The Morgan fingerprint density at radius 1 is 1.22 bits per heavy atom. The van der Waals surface area contributed by atoms with Crippen LogP contribution in [0.25, 0.3) is 0 Å². The van der Waals surface area contributed by atoms with E-state index in [1.165, 1.54) is 7.11 Å². The minimum atomic E-state index is -0.492. The van der Waals surface area contributed by atoms with Crippen molar-refractivity contribution >= 4 is 34.1 Å². The van der Waals surface area contributed by atoms with Gasteiger partial charge in [0.2, 0.25) is 5.91 Å². The number of anilines is 1. The molecule has 0 aromatic carbocycles. The second-order valence-electron chi connectivity index (χ2n) is 5.98. The van der Waals surface area contributed by atoms with E-state index in [1.54, 1.807) is 14.0 Å². The van der Waals surface area contributed by atoms with Gasteiger partial charge in [-0.3, -0.25) is 9.59 Å². The SMILES string of the molecule is CNc1sc(C(=O)OC)c(C)c1C(=O)NCC(=O)NC(C)(C)C. The topological polar surface area (TPSA) is 96.5 Å². The van der Waals surface area contributed by atoms with Crippen LogP contribution < -0.4 is 16.0 Å². The van der Waals surface area contributed by atoms with Crippen LogP contribution in [-0.4, -0.2) is 44.0 Å². The minimum Gasteiger partial charge on any atom is -0.465 e. The summed E-state index contributed by atoms with van der Waals surface area (Å²) < 4.78 is 4.71. The van der Waals surface area contributed by atoms with Crippen molar-refractivity contribution in [3.8, 4) is 0 Å². The maximum Gasteiger partial charge on any atom is 0.348 e. The first-order valence-corrected chi connectivity index (χ1v) is 7.91. The first-order valence-electron chi connectivity index (χ1n) is 7.09. The molecular formula is C15H23N3O4S. The van der Waals surface area contributed by atoms with Gasteiger partial charge in [0.05, 0.1) is 19.2 Å². The summed E-state index contributed by atoms with van der Waals surface area (Å²) in [4.78, 5) is 36.2. The first kappa shape index (κ1) is 19.0. The summed E-state index contributed by atoms with van der Waals surface area (Å²) in [5, 5.41) is 8.78. The summed E-state index contributed by atoms with van der Waals surface area (Å²) in [6.45, 7) is 7.11. The summed E-state index contributed by atoms with van der Waals surface area (Å²) in [6, 6.07) is 0. The van der Waals surface area contributed by atoms with Gasteiger partial charge in [-0.2, -0.15) is 0 Å². The van der Waals surface area contributed by atoms with Gasteiger partial charge in [0.15, 0.2) is 0 Å². The van der Waals surface area contributed by atoms with Gasteiger partial charge >= 0.3 is 5.97 Å². The average Bonchev–Trinajstić information content (AvgIpc) is 2.79. The molecule has 0 saturated heterocycles. The van der Waals surface area contributed by atoms with Crippen molar-refractivity contribution in [2.24, 2.45) is 0 Å². The molecule has 0 aliphatic carbocycles. The number of methoxy groups -OCH3 is 1. The molecule has 0 bridgehead atoms. The zero-order chi connectivity index (χ0) is 17.8. The van der Waals surface area contributed by atoms with E-state index in [9.17, 15) is 14.4 Å². The molecule has 0 spiro atoms. The van der Waals surface area contributed by atoms with Crippen LogP contribution in [0.5, 0.6) is 0 Å². The van der Waals surface area contributed by atoms with E-state index in [1.807, 2.05) is 20.8 Å². The van der Waals surface area contributed by atoms with E-state index >= 15 is 0 Å². The molecule has 1 heterocycles. The molecule has 1 aromatic heterocycles. The van der Waals surface area contributed by atoms with E-state index < -0.39 is 11.9 Å². The Balaban J connectivity index is 2.90. The third kappa shape index (κ3) is 4.95. The monoisotopic (exact) mass is 341 g/mol. The van der Waals surface area contributed by atoms with Gasteiger partial charge in [-0.1, -0.05) is 0 Å². The highest BCUT2D eigenvalue weighted by molar-refractivity contribution is 7.18. The molecule has 0 saturated carbocycles. The van der Waals surface area contributed by atoms with Gasteiger partial charge < -0.3 is 20.7 Å². The third-order valence-electron chi connectivity index (χ3n) is 2.90. The Bertz CT molecular complexity index is 617. The van der Waals surface area contributed by atoms with Crippen LogP contribution in [0.2, 0.25) is 0 Å². The van der Waals surface area contributed by atoms with Crippen molar-refractivity contribution in [3.63, 3.8) is 0 Å². The molecule has 1 aromatic rings. The summed E-state index contributed by atoms with van der Waals surface area (Å²) in [6.07, 6.45) is 0. The van der Waals surface area contributed by atoms with Gasteiger partial charge in [-0.05, 0) is 33.3 Å². The van der Waals surface area contributed by atoms with Crippen LogP contribution in [0.1, 0.15) is 46.4 Å². The van der Waals surface area contributed by atoms with Crippen LogP contribution in [0.15, 0.2) is 0 Å². The van der Waals surface area contributed by atoms with Crippen molar-refractivity contribution in [3.05, 3.63) is 16.0 Å². The van der Waals surface area contributed by atoms with Crippen LogP contribution in [0, 0.1) is 6.92 Å². The standard InChI is InChI=1S/C15H23N3O4S/c1-8-10(13(16-5)23-11(8)14(21)22-6)12(20)17-7-9(19)18-15(2,3)4/h16H,7H2,1-6H3,(H,17,20)(H,18,19). The quantitative estimate of drug-likeness (QED) is 0.706. The fraction of sp³-hybridized carbons (Fsp3) is 0.533. The Kier molecular flexibility index (Phi) is 6.14. The van der Waals surface area contributed by atoms with Crippen molar-refractivity contribution in [2.45, 2.75) is 33.2 Å². The van der Waals surface area contributed by atoms with Crippen molar-refractivity contribution in [1.29, 1.82) is 0 Å². The zero-order valence-corrected chi connectivity index (χ0v) is 15.1. The van der Waals surface area contributed by atoms with Gasteiger partial charge in [-0.15, -0.1) is 11.3 Å². The lowest BCUT2D eigenvalue weighted by Gasteiger charge is -2.20. The van der Waals surface area contributed by atoms with Crippen molar-refractivity contribution < 1.29 is 19.1 Å². The van der Waals surface area contributed by atoms with Crippen LogP contribution in [-0.2, 0) is 9.53 Å². The Morgan fingerprint density at radius 3 is 2.30 bits per heavy atom. The maximum atomic E-state index is 12.4. The fourth-order valence-electron chi connectivity index (χ4n) is 1.96. The number of rotatable bonds is 5. The number of hydrogen-bond acceptors (Lipinski definition) is 6. The lowest BCUT2D eigenvalue weighted by molar-refractivity contribution is -0.121. The van der Waals surface area contributed by atoms with Crippen molar-refractivity contribution in [2.75, 3.05) is 26.0 Å². The van der Waals surface area contributed by atoms with Gasteiger partial charge in [0, 0.05) is 12.6 Å². The maximum absolute atomic E-state index is 12.4. The molecule has 1 rings (SSSR count). The number of thiophene rings is 1. The van der Waals surface area contributed by atoms with Crippen LogP contribution in [0.3, 0.4) is 0 Å². The molecule has 0 aliphatic rings. The van der Waals surface area contributed by atoms with E-state index in [0.29, 0.717) is 21.0 Å². The summed E-state index contributed by atoms with van der Waals surface area (Å²) in [5.74, 6) is -1.19. The molecule has 0 radical (unpaired) electrons. The normalized spacial score (nSPS) is 10.9. The zero-order valence-electron chi connectivity index (χ0n) is 14.2. The van der Waals surface area contributed by atoms with Gasteiger partial charge in [-0.25, -0.2) is 4.79 Å². The largest absolute Gasteiger partial charge is 0.465 e. The Labute approximate surface area is 139 Å². The second kappa shape index (κ2) is 7.45. The predicted octanol–water partition coefficient (Wildman–Crippen LogP) is 1.53. The molecule has 7 nitrogen and oxygen atoms in total. The molecular weight excluding hydrogens is 318 g/mol. The van der Waals surface area contributed by atoms with E-state index in [4.69, 9.17) is 4.74 Å². The lowest BCUT2D eigenvalue weighted by atomic mass is 10.1. The first-order chi connectivity index (χ1) is 10.6. The smallest absolute Gasteiger partial charge is 0.348 e. The molecule has 2 amide bonds. The minimum absolute atomic E-state index is 0.137. The van der Waals surface area contributed by atoms with E-state index in [0.717, 1.165) is 11.3 Å². The molecule has 0 fully saturated rings. The number of ether oxygens (including phenoxy) is 1. The van der Waals surface area contributed by atoms with E-state index in [-0.39, 0.29) is 18.0 Å². The number of carbonyl (C=O) groups excluding carboxylic acids is 3. The predicted molar refractivity (Wildman–Crippen MR) is 90.2 cm³/mol. The third-order valence-corrected chi connectivity index (χ3v) is 4.18. The van der Waals surface area contributed by atoms with Gasteiger partial charge in [0.1, 0.15) is 9.88 Å². The molecule has 0 aliphatic heterocycles. The molecule has 0 unspecified atom stereocenters. The van der Waals surface area contributed by atoms with Gasteiger partial charge in [0.25, 0.3) is 5.91 Å². The fourth-order valence-corrected chi connectivity index (χ4v) is 3.04. The number of carbonyl (C=O) groups is 3. The molecule has 8 heteroatoms. The lowest BCUT2D eigenvalue weighted by Crippen LogP contribution is -2.45. The average molecular weight is 341 g/mol. The Hall–Kier alpha value is -2.09. The van der Waals surface area contributed by atoms with Crippen LogP contribution in [0.4, 0.5) is 5.00 Å². The number of amides is 2. The molecule has 0 atom stereocenters. The van der Waals surface area contributed by atoms with Crippen molar-refractivity contribution in [1.82, 2.24) is 10.6 Å². The molecule has 3 N–H and O–H groups in total.